The molecule has 28 heavy (non-hydrogen) atoms. The van der Waals surface area contributed by atoms with Gasteiger partial charge < -0.3 is 5.32 Å². The lowest BCUT2D eigenvalue weighted by Crippen LogP contribution is -2.43. The van der Waals surface area contributed by atoms with Crippen molar-refractivity contribution in [3.63, 3.8) is 0 Å². The normalized spacial score (nSPS) is 36.0. The summed E-state index contributed by atoms with van der Waals surface area (Å²) in [5.74, 6) is 0.190. The molecule has 1 N–H and O–H groups in total. The van der Waals surface area contributed by atoms with Gasteiger partial charge >= 0.3 is 6.18 Å². The summed E-state index contributed by atoms with van der Waals surface area (Å²) in [4.78, 5) is 27.7. The van der Waals surface area contributed by atoms with E-state index in [2.05, 4.69) is 5.32 Å². The Bertz CT molecular complexity index is 832. The van der Waals surface area contributed by atoms with E-state index in [1.165, 1.54) is 6.07 Å². The van der Waals surface area contributed by atoms with Gasteiger partial charge in [-0.1, -0.05) is 0 Å². The highest BCUT2D eigenvalue weighted by atomic mass is 19.4. The maximum atomic E-state index is 13.3. The summed E-state index contributed by atoms with van der Waals surface area (Å²) < 4.78 is 40.0. The zero-order chi connectivity index (χ0) is 20.0. The number of carbonyl (C=O) groups excluding carboxylic acids is 2. The minimum Gasteiger partial charge on any atom is -0.381 e. The van der Waals surface area contributed by atoms with Gasteiger partial charge in [0.15, 0.2) is 0 Å². The standard InChI is InChI=1S/C21H23F3N2O2/c1-9(2)25-15-6-3-10(21(22,23)24)7-16(15)26-19(27)17-11-4-5-12(14-8-13(11)14)18(17)20(26)28/h3,6-7,9,11-14,17-18,25H,4-5,8H2,1-2H3/t11-,12+,13+,14-,17-,18?/m1/s1. The van der Waals surface area contributed by atoms with Crippen LogP contribution < -0.4 is 10.2 Å². The fourth-order valence-corrected chi connectivity index (χ4v) is 6.10. The van der Waals surface area contributed by atoms with Crippen LogP contribution in [0.4, 0.5) is 24.5 Å². The Morgan fingerprint density at radius 1 is 1.00 bits per heavy atom. The van der Waals surface area contributed by atoms with Gasteiger partial charge in [0, 0.05) is 6.04 Å². The predicted octanol–water partition coefficient (Wildman–Crippen LogP) is 4.31. The number of rotatable bonds is 3. The molecule has 4 saturated carbocycles. The van der Waals surface area contributed by atoms with Gasteiger partial charge in [-0.05, 0) is 75.0 Å². The quantitative estimate of drug-likeness (QED) is 0.780. The van der Waals surface area contributed by atoms with Gasteiger partial charge in [0.2, 0.25) is 11.8 Å². The molecule has 1 saturated heterocycles. The Labute approximate surface area is 161 Å². The summed E-state index contributed by atoms with van der Waals surface area (Å²) in [6.45, 7) is 3.73. The van der Waals surface area contributed by atoms with Gasteiger partial charge in [-0.2, -0.15) is 13.2 Å². The van der Waals surface area contributed by atoms with E-state index in [-0.39, 0.29) is 47.2 Å². The summed E-state index contributed by atoms with van der Waals surface area (Å²) in [5.41, 5.74) is -0.417. The summed E-state index contributed by atoms with van der Waals surface area (Å²) >= 11 is 0. The van der Waals surface area contributed by atoms with Crippen molar-refractivity contribution in [2.45, 2.75) is 45.3 Å². The van der Waals surface area contributed by atoms with Crippen LogP contribution in [0.1, 0.15) is 38.7 Å². The van der Waals surface area contributed by atoms with Crippen molar-refractivity contribution in [3.8, 4) is 0 Å². The van der Waals surface area contributed by atoms with Crippen LogP contribution in [-0.2, 0) is 15.8 Å². The first-order chi connectivity index (χ1) is 13.2. The first-order valence-electron chi connectivity index (χ1n) is 10.0. The first kappa shape index (κ1) is 18.0. The third-order valence-corrected chi connectivity index (χ3v) is 7.16. The van der Waals surface area contributed by atoms with E-state index < -0.39 is 11.7 Å². The molecule has 1 aromatic rings. The number of carbonyl (C=O) groups is 2. The lowest BCUT2D eigenvalue weighted by atomic mass is 9.59. The summed E-state index contributed by atoms with van der Waals surface area (Å²) in [7, 11) is 0. The van der Waals surface area contributed by atoms with Gasteiger partial charge in [0.05, 0.1) is 28.8 Å². The molecule has 5 fully saturated rings. The number of hydrogen-bond acceptors (Lipinski definition) is 3. The van der Waals surface area contributed by atoms with Crippen LogP contribution in [0.5, 0.6) is 0 Å². The zero-order valence-corrected chi connectivity index (χ0v) is 15.8. The molecule has 5 aliphatic rings. The number of hydrogen-bond donors (Lipinski definition) is 1. The SMILES string of the molecule is CC(C)Nc1ccc(C(F)(F)F)cc1N1C(=O)C2[C@H]3CC[C@H]([C@@H]4C[C@@H]43)[C@H]2C1=O. The molecular weight excluding hydrogens is 369 g/mol. The molecule has 1 unspecified atom stereocenters. The van der Waals surface area contributed by atoms with Crippen LogP contribution in [-0.4, -0.2) is 17.9 Å². The summed E-state index contributed by atoms with van der Waals surface area (Å²) in [5, 5.41) is 3.09. The maximum absolute atomic E-state index is 13.3. The maximum Gasteiger partial charge on any atom is 0.416 e. The number of amides is 2. The summed E-state index contributed by atoms with van der Waals surface area (Å²) in [6.07, 6.45) is -1.52. The second-order valence-corrected chi connectivity index (χ2v) is 9.06. The first-order valence-corrected chi connectivity index (χ1v) is 10.0. The van der Waals surface area contributed by atoms with Crippen molar-refractivity contribution >= 4 is 23.2 Å². The molecule has 6 atom stereocenters. The van der Waals surface area contributed by atoms with Gasteiger partial charge in [-0.15, -0.1) is 0 Å². The molecule has 0 aromatic heterocycles. The van der Waals surface area contributed by atoms with E-state index in [0.717, 1.165) is 36.3 Å². The van der Waals surface area contributed by atoms with Crippen LogP contribution >= 0.6 is 0 Å². The number of nitrogens with one attached hydrogen (secondary N) is 1. The Morgan fingerprint density at radius 2 is 1.57 bits per heavy atom. The van der Waals surface area contributed by atoms with Gasteiger partial charge in [0.1, 0.15) is 0 Å². The number of imide groups is 1. The Hall–Kier alpha value is -2.05. The Morgan fingerprint density at radius 3 is 2.07 bits per heavy atom. The van der Waals surface area contributed by atoms with Crippen molar-refractivity contribution in [3.05, 3.63) is 23.8 Å². The number of nitrogens with zero attached hydrogens (tertiary/aromatic N) is 1. The molecule has 4 aliphatic carbocycles. The van der Waals surface area contributed by atoms with Crippen molar-refractivity contribution in [2.75, 3.05) is 10.2 Å². The van der Waals surface area contributed by atoms with Crippen LogP contribution in [0.2, 0.25) is 0 Å². The highest BCUT2D eigenvalue weighted by Crippen LogP contribution is 2.68. The van der Waals surface area contributed by atoms with Crippen molar-refractivity contribution < 1.29 is 22.8 Å². The number of halogens is 3. The molecule has 1 aromatic carbocycles. The molecule has 0 spiro atoms. The van der Waals surface area contributed by atoms with Crippen LogP contribution in [0, 0.1) is 35.5 Å². The number of benzene rings is 1. The minimum atomic E-state index is -4.54. The average Bonchev–Trinajstić information content (AvgIpc) is 3.39. The molecular formula is C21H23F3N2O2. The van der Waals surface area contributed by atoms with Crippen molar-refractivity contribution in [2.24, 2.45) is 35.5 Å². The molecule has 150 valence electrons. The molecule has 1 heterocycles. The molecule has 2 amide bonds. The molecule has 4 nitrogen and oxygen atoms in total. The van der Waals surface area contributed by atoms with E-state index in [1.807, 2.05) is 13.8 Å². The highest BCUT2D eigenvalue weighted by molar-refractivity contribution is 6.23. The van der Waals surface area contributed by atoms with E-state index in [0.29, 0.717) is 17.5 Å². The second-order valence-electron chi connectivity index (χ2n) is 9.06. The van der Waals surface area contributed by atoms with Gasteiger partial charge in [-0.3, -0.25) is 9.59 Å². The van der Waals surface area contributed by atoms with Crippen LogP contribution in [0.25, 0.3) is 0 Å². The smallest absolute Gasteiger partial charge is 0.381 e. The third kappa shape index (κ3) is 2.44. The molecule has 2 bridgehead atoms. The fourth-order valence-electron chi connectivity index (χ4n) is 6.10. The highest BCUT2D eigenvalue weighted by Gasteiger charge is 2.68. The van der Waals surface area contributed by atoms with E-state index in [1.54, 1.807) is 0 Å². The Balaban J connectivity index is 1.58. The molecule has 1 aliphatic heterocycles. The van der Waals surface area contributed by atoms with Crippen molar-refractivity contribution in [1.82, 2.24) is 0 Å². The topological polar surface area (TPSA) is 49.4 Å². The van der Waals surface area contributed by atoms with Crippen LogP contribution in [0.15, 0.2) is 18.2 Å². The molecule has 7 heteroatoms. The average molecular weight is 392 g/mol. The van der Waals surface area contributed by atoms with Gasteiger partial charge in [0.25, 0.3) is 0 Å². The molecule has 0 radical (unpaired) electrons. The zero-order valence-electron chi connectivity index (χ0n) is 15.8. The fraction of sp³-hybridized carbons (Fsp3) is 0.619. The van der Waals surface area contributed by atoms with E-state index >= 15 is 0 Å². The lowest BCUT2D eigenvalue weighted by molar-refractivity contribution is -0.137. The van der Waals surface area contributed by atoms with Crippen molar-refractivity contribution in [1.29, 1.82) is 0 Å². The van der Waals surface area contributed by atoms with E-state index in [4.69, 9.17) is 0 Å². The monoisotopic (exact) mass is 392 g/mol. The number of fused-ring (bicyclic) bond motifs is 1. The van der Waals surface area contributed by atoms with E-state index in [9.17, 15) is 22.8 Å². The molecule has 6 rings (SSSR count). The van der Waals surface area contributed by atoms with Crippen LogP contribution in [0.3, 0.4) is 0 Å². The summed E-state index contributed by atoms with van der Waals surface area (Å²) in [6, 6.07) is 3.22. The number of alkyl halides is 3. The third-order valence-electron chi connectivity index (χ3n) is 7.16. The minimum absolute atomic E-state index is 0.0426. The Kier molecular flexibility index (Phi) is 3.69. The predicted molar refractivity (Wildman–Crippen MR) is 97.5 cm³/mol. The number of anilines is 2. The lowest BCUT2D eigenvalue weighted by Gasteiger charge is -2.42. The largest absolute Gasteiger partial charge is 0.416 e. The van der Waals surface area contributed by atoms with Gasteiger partial charge in [-0.25, -0.2) is 4.90 Å². The second kappa shape index (κ2) is 5.74.